The summed E-state index contributed by atoms with van der Waals surface area (Å²) in [5, 5.41) is 0. The van der Waals surface area contributed by atoms with E-state index in [4.69, 9.17) is 0 Å². The van der Waals surface area contributed by atoms with Crippen LogP contribution in [-0.4, -0.2) is 11.9 Å². The SMILES string of the molecule is CCCCCC(C)N(C(=O)CCC)c1ccc(F)c(CC)c1. The average molecular weight is 307 g/mol. The standard InChI is InChI=1S/C19H30FNO/c1-5-8-9-11-15(4)21(19(22)10-6-2)17-12-13-18(20)16(7-3)14-17/h12-15H,5-11H2,1-4H3. The maximum absolute atomic E-state index is 13.7. The molecule has 22 heavy (non-hydrogen) atoms. The molecular weight excluding hydrogens is 277 g/mol. The van der Waals surface area contributed by atoms with Crippen molar-refractivity contribution in [3.8, 4) is 0 Å². The first kappa shape index (κ1) is 18.7. The van der Waals surface area contributed by atoms with Gasteiger partial charge in [0.1, 0.15) is 5.82 Å². The third kappa shape index (κ3) is 5.11. The van der Waals surface area contributed by atoms with Gasteiger partial charge in [0.05, 0.1) is 0 Å². The van der Waals surface area contributed by atoms with Gasteiger partial charge in [-0.3, -0.25) is 4.79 Å². The molecular formula is C19H30FNO. The number of hydrogen-bond acceptors (Lipinski definition) is 1. The van der Waals surface area contributed by atoms with Crippen molar-refractivity contribution in [1.29, 1.82) is 0 Å². The van der Waals surface area contributed by atoms with Crippen molar-refractivity contribution in [2.75, 3.05) is 4.90 Å². The van der Waals surface area contributed by atoms with E-state index in [0.29, 0.717) is 18.4 Å². The zero-order valence-electron chi connectivity index (χ0n) is 14.5. The predicted octanol–water partition coefficient (Wildman–Crippen LogP) is 5.49. The average Bonchev–Trinajstić information content (AvgIpc) is 2.49. The molecule has 3 heteroatoms. The maximum Gasteiger partial charge on any atom is 0.227 e. The molecule has 0 heterocycles. The zero-order valence-corrected chi connectivity index (χ0v) is 14.5. The number of carbonyl (C=O) groups is 1. The molecule has 0 spiro atoms. The van der Waals surface area contributed by atoms with E-state index >= 15 is 0 Å². The molecule has 0 saturated heterocycles. The van der Waals surface area contributed by atoms with Crippen LogP contribution in [0.4, 0.5) is 10.1 Å². The predicted molar refractivity (Wildman–Crippen MR) is 91.8 cm³/mol. The van der Waals surface area contributed by atoms with Crippen molar-refractivity contribution >= 4 is 11.6 Å². The highest BCUT2D eigenvalue weighted by Crippen LogP contribution is 2.24. The smallest absolute Gasteiger partial charge is 0.227 e. The van der Waals surface area contributed by atoms with Gasteiger partial charge in [0.15, 0.2) is 0 Å². The van der Waals surface area contributed by atoms with Crippen LogP contribution in [0.1, 0.15) is 71.8 Å². The van der Waals surface area contributed by atoms with Crippen LogP contribution in [0.2, 0.25) is 0 Å². The van der Waals surface area contributed by atoms with Gasteiger partial charge in [0.2, 0.25) is 5.91 Å². The summed E-state index contributed by atoms with van der Waals surface area (Å²) < 4.78 is 13.7. The lowest BCUT2D eigenvalue weighted by atomic mass is 10.0. The molecule has 1 amide bonds. The Balaban J connectivity index is 3.01. The van der Waals surface area contributed by atoms with Gasteiger partial charge in [-0.25, -0.2) is 4.39 Å². The molecule has 124 valence electrons. The molecule has 1 unspecified atom stereocenters. The van der Waals surface area contributed by atoms with E-state index in [0.717, 1.165) is 24.9 Å². The third-order valence-corrected chi connectivity index (χ3v) is 4.09. The summed E-state index contributed by atoms with van der Waals surface area (Å²) in [5.41, 5.74) is 1.51. The molecule has 2 nitrogen and oxygen atoms in total. The van der Waals surface area contributed by atoms with Crippen molar-refractivity contribution in [3.05, 3.63) is 29.6 Å². The molecule has 1 aromatic rings. The normalized spacial score (nSPS) is 12.2. The van der Waals surface area contributed by atoms with Crippen LogP contribution >= 0.6 is 0 Å². The number of anilines is 1. The van der Waals surface area contributed by atoms with E-state index in [-0.39, 0.29) is 17.8 Å². The molecule has 1 atom stereocenters. The van der Waals surface area contributed by atoms with E-state index in [2.05, 4.69) is 13.8 Å². The fraction of sp³-hybridized carbons (Fsp3) is 0.632. The van der Waals surface area contributed by atoms with E-state index < -0.39 is 0 Å². The number of carbonyl (C=O) groups excluding carboxylic acids is 1. The Morgan fingerprint density at radius 2 is 1.91 bits per heavy atom. The molecule has 0 aliphatic heterocycles. The zero-order chi connectivity index (χ0) is 16.5. The van der Waals surface area contributed by atoms with Crippen LogP contribution in [0.3, 0.4) is 0 Å². The highest BCUT2D eigenvalue weighted by molar-refractivity contribution is 5.93. The Morgan fingerprint density at radius 3 is 2.50 bits per heavy atom. The molecule has 1 rings (SSSR count). The summed E-state index contributed by atoms with van der Waals surface area (Å²) in [5.74, 6) is -0.0482. The summed E-state index contributed by atoms with van der Waals surface area (Å²) >= 11 is 0. The Bertz CT molecular complexity index is 473. The first-order chi connectivity index (χ1) is 10.5. The Morgan fingerprint density at radius 1 is 1.18 bits per heavy atom. The molecule has 0 aliphatic rings. The number of halogens is 1. The number of amides is 1. The van der Waals surface area contributed by atoms with Crippen LogP contribution in [0.15, 0.2) is 18.2 Å². The minimum absolute atomic E-state index is 0.139. The highest BCUT2D eigenvalue weighted by Gasteiger charge is 2.21. The highest BCUT2D eigenvalue weighted by atomic mass is 19.1. The van der Waals surface area contributed by atoms with Crippen LogP contribution in [0.25, 0.3) is 0 Å². The monoisotopic (exact) mass is 307 g/mol. The number of aryl methyl sites for hydroxylation is 1. The Hall–Kier alpha value is -1.38. The molecule has 0 radical (unpaired) electrons. The second-order valence-electron chi connectivity index (χ2n) is 5.99. The van der Waals surface area contributed by atoms with Gasteiger partial charge in [-0.05, 0) is 49.9 Å². The molecule has 0 aliphatic carbocycles. The number of unbranched alkanes of at least 4 members (excludes halogenated alkanes) is 2. The van der Waals surface area contributed by atoms with Gasteiger partial charge in [-0.15, -0.1) is 0 Å². The number of hydrogen-bond donors (Lipinski definition) is 0. The topological polar surface area (TPSA) is 20.3 Å². The molecule has 0 bridgehead atoms. The number of nitrogens with zero attached hydrogens (tertiary/aromatic N) is 1. The van der Waals surface area contributed by atoms with Crippen LogP contribution < -0.4 is 4.90 Å². The van der Waals surface area contributed by atoms with Gasteiger partial charge < -0.3 is 4.90 Å². The van der Waals surface area contributed by atoms with E-state index in [1.807, 2.05) is 24.8 Å². The first-order valence-corrected chi connectivity index (χ1v) is 8.65. The molecule has 0 fully saturated rings. The second kappa shape index (κ2) is 9.60. The fourth-order valence-electron chi connectivity index (χ4n) is 2.78. The van der Waals surface area contributed by atoms with Crippen LogP contribution in [-0.2, 0) is 11.2 Å². The summed E-state index contributed by atoms with van der Waals surface area (Å²) in [6.45, 7) is 8.22. The number of rotatable bonds is 9. The minimum Gasteiger partial charge on any atom is -0.310 e. The lowest BCUT2D eigenvalue weighted by molar-refractivity contribution is -0.119. The second-order valence-corrected chi connectivity index (χ2v) is 5.99. The maximum atomic E-state index is 13.7. The van der Waals surface area contributed by atoms with Crippen molar-refractivity contribution in [1.82, 2.24) is 0 Å². The lowest BCUT2D eigenvalue weighted by Crippen LogP contribution is -2.38. The fourth-order valence-corrected chi connectivity index (χ4v) is 2.78. The van der Waals surface area contributed by atoms with Crippen molar-refractivity contribution in [2.45, 2.75) is 78.7 Å². The lowest BCUT2D eigenvalue weighted by Gasteiger charge is -2.30. The van der Waals surface area contributed by atoms with Crippen molar-refractivity contribution < 1.29 is 9.18 Å². The van der Waals surface area contributed by atoms with Gasteiger partial charge in [-0.2, -0.15) is 0 Å². The van der Waals surface area contributed by atoms with Crippen LogP contribution in [0, 0.1) is 5.82 Å². The Labute approximate surface area is 134 Å². The number of benzene rings is 1. The van der Waals surface area contributed by atoms with Gasteiger partial charge in [0.25, 0.3) is 0 Å². The quantitative estimate of drug-likeness (QED) is 0.552. The van der Waals surface area contributed by atoms with Crippen LogP contribution in [0.5, 0.6) is 0 Å². The van der Waals surface area contributed by atoms with Crippen molar-refractivity contribution in [3.63, 3.8) is 0 Å². The van der Waals surface area contributed by atoms with E-state index in [1.54, 1.807) is 6.07 Å². The molecule has 1 aromatic carbocycles. The molecule has 0 N–H and O–H groups in total. The van der Waals surface area contributed by atoms with E-state index in [9.17, 15) is 9.18 Å². The van der Waals surface area contributed by atoms with Gasteiger partial charge in [0, 0.05) is 18.2 Å². The van der Waals surface area contributed by atoms with E-state index in [1.165, 1.54) is 18.9 Å². The summed E-state index contributed by atoms with van der Waals surface area (Å²) in [6.07, 6.45) is 6.48. The first-order valence-electron chi connectivity index (χ1n) is 8.65. The summed E-state index contributed by atoms with van der Waals surface area (Å²) in [6, 6.07) is 5.21. The summed E-state index contributed by atoms with van der Waals surface area (Å²) in [4.78, 5) is 14.4. The largest absolute Gasteiger partial charge is 0.310 e. The molecule has 0 saturated carbocycles. The van der Waals surface area contributed by atoms with Crippen molar-refractivity contribution in [2.24, 2.45) is 0 Å². The summed E-state index contributed by atoms with van der Waals surface area (Å²) in [7, 11) is 0. The van der Waals surface area contributed by atoms with Gasteiger partial charge in [-0.1, -0.05) is 40.0 Å². The van der Waals surface area contributed by atoms with Gasteiger partial charge >= 0.3 is 0 Å². The Kier molecular flexibility index (Phi) is 8.15. The third-order valence-electron chi connectivity index (χ3n) is 4.09. The minimum atomic E-state index is -0.187. The molecule has 0 aromatic heterocycles.